The smallest absolute Gasteiger partial charge is 0.191 e. The molecule has 6 heteroatoms. The summed E-state index contributed by atoms with van der Waals surface area (Å²) in [5.41, 5.74) is 1.43. The van der Waals surface area contributed by atoms with Gasteiger partial charge in [0.05, 0.1) is 0 Å². The number of hydrogen-bond acceptors (Lipinski definition) is 4. The number of hydrogen-bond donors (Lipinski definition) is 2. The summed E-state index contributed by atoms with van der Waals surface area (Å²) >= 11 is 2.10. The maximum Gasteiger partial charge on any atom is 0.191 e. The molecule has 2 aliphatic rings. The van der Waals surface area contributed by atoms with E-state index in [0.29, 0.717) is 5.54 Å². The summed E-state index contributed by atoms with van der Waals surface area (Å²) in [6, 6.07) is 6.07. The molecule has 0 radical (unpaired) electrons. The molecule has 0 atom stereocenters. The standard InChI is InChI=1S/C20H33N5S/c1-21-19(23-12-8-18-7-3-6-11-22-18)24-17-20(9-4-2-5-10-20)25-13-15-26-16-14-25/h3,6-7,11H,2,4-5,8-10,12-17H2,1H3,(H2,21,23,24). The van der Waals surface area contributed by atoms with Crippen molar-refractivity contribution in [2.24, 2.45) is 4.99 Å². The highest BCUT2D eigenvalue weighted by Gasteiger charge is 2.38. The maximum atomic E-state index is 4.43. The van der Waals surface area contributed by atoms with Gasteiger partial charge in [0.1, 0.15) is 0 Å². The van der Waals surface area contributed by atoms with Gasteiger partial charge in [-0.15, -0.1) is 0 Å². The highest BCUT2D eigenvalue weighted by Crippen LogP contribution is 2.34. The third kappa shape index (κ3) is 5.36. The zero-order valence-corrected chi connectivity index (χ0v) is 16.9. The van der Waals surface area contributed by atoms with Gasteiger partial charge in [-0.3, -0.25) is 14.9 Å². The van der Waals surface area contributed by atoms with Crippen molar-refractivity contribution in [1.29, 1.82) is 0 Å². The zero-order valence-electron chi connectivity index (χ0n) is 16.0. The molecule has 1 saturated heterocycles. The predicted octanol–water partition coefficient (Wildman–Crippen LogP) is 2.54. The van der Waals surface area contributed by atoms with Crippen molar-refractivity contribution in [1.82, 2.24) is 20.5 Å². The second-order valence-electron chi connectivity index (χ2n) is 7.31. The molecule has 26 heavy (non-hydrogen) atoms. The number of pyridine rings is 1. The van der Waals surface area contributed by atoms with E-state index in [0.717, 1.165) is 31.2 Å². The normalized spacial score (nSPS) is 21.3. The van der Waals surface area contributed by atoms with Crippen LogP contribution in [-0.4, -0.2) is 66.1 Å². The predicted molar refractivity (Wildman–Crippen MR) is 112 cm³/mol. The molecule has 1 aliphatic heterocycles. The van der Waals surface area contributed by atoms with Crippen molar-refractivity contribution in [2.75, 3.05) is 44.7 Å². The number of aliphatic imine (C=N–C) groups is 1. The van der Waals surface area contributed by atoms with Crippen LogP contribution in [0.15, 0.2) is 29.4 Å². The van der Waals surface area contributed by atoms with Crippen LogP contribution >= 0.6 is 11.8 Å². The van der Waals surface area contributed by atoms with Gasteiger partial charge in [0.15, 0.2) is 5.96 Å². The molecule has 0 bridgehead atoms. The summed E-state index contributed by atoms with van der Waals surface area (Å²) in [5.74, 6) is 3.47. The Hall–Kier alpha value is -1.27. The molecule has 5 nitrogen and oxygen atoms in total. The number of nitrogens with zero attached hydrogens (tertiary/aromatic N) is 3. The van der Waals surface area contributed by atoms with Gasteiger partial charge in [0.2, 0.25) is 0 Å². The van der Waals surface area contributed by atoms with E-state index >= 15 is 0 Å². The molecule has 1 aliphatic carbocycles. The van der Waals surface area contributed by atoms with E-state index in [-0.39, 0.29) is 0 Å². The molecule has 3 rings (SSSR count). The maximum absolute atomic E-state index is 4.43. The monoisotopic (exact) mass is 375 g/mol. The van der Waals surface area contributed by atoms with Crippen molar-refractivity contribution in [2.45, 2.75) is 44.1 Å². The van der Waals surface area contributed by atoms with Gasteiger partial charge in [-0.25, -0.2) is 0 Å². The fourth-order valence-electron chi connectivity index (χ4n) is 4.18. The van der Waals surface area contributed by atoms with Crippen molar-refractivity contribution in [3.8, 4) is 0 Å². The molecular weight excluding hydrogens is 342 g/mol. The summed E-state index contributed by atoms with van der Waals surface area (Å²) in [4.78, 5) is 11.6. The molecular formula is C20H33N5S. The first-order valence-electron chi connectivity index (χ1n) is 10.00. The second-order valence-corrected chi connectivity index (χ2v) is 8.53. The highest BCUT2D eigenvalue weighted by atomic mass is 32.2. The first kappa shape index (κ1) is 19.5. The van der Waals surface area contributed by atoms with Crippen LogP contribution in [0.4, 0.5) is 0 Å². The van der Waals surface area contributed by atoms with E-state index in [9.17, 15) is 0 Å². The third-order valence-corrected chi connectivity index (χ3v) is 6.62. The fraction of sp³-hybridized carbons (Fsp3) is 0.700. The van der Waals surface area contributed by atoms with E-state index in [4.69, 9.17) is 0 Å². The minimum atomic E-state index is 0.317. The number of thioether (sulfide) groups is 1. The van der Waals surface area contributed by atoms with Gasteiger partial charge in [-0.2, -0.15) is 11.8 Å². The molecule has 0 unspecified atom stereocenters. The van der Waals surface area contributed by atoms with Crippen LogP contribution in [-0.2, 0) is 6.42 Å². The Bertz CT molecular complexity index is 551. The molecule has 1 aromatic heterocycles. The van der Waals surface area contributed by atoms with Crippen LogP contribution < -0.4 is 10.6 Å². The molecule has 2 N–H and O–H groups in total. The Kier molecular flexibility index (Phi) is 7.62. The Morgan fingerprint density at radius 3 is 2.69 bits per heavy atom. The van der Waals surface area contributed by atoms with Crippen LogP contribution in [0.2, 0.25) is 0 Å². The average molecular weight is 376 g/mol. The lowest BCUT2D eigenvalue weighted by molar-refractivity contribution is 0.0626. The van der Waals surface area contributed by atoms with E-state index in [1.54, 1.807) is 0 Å². The van der Waals surface area contributed by atoms with E-state index in [1.807, 2.05) is 25.4 Å². The van der Waals surface area contributed by atoms with Crippen LogP contribution in [0, 0.1) is 0 Å². The molecule has 1 saturated carbocycles. The molecule has 2 fully saturated rings. The van der Waals surface area contributed by atoms with Crippen molar-refractivity contribution in [3.63, 3.8) is 0 Å². The minimum Gasteiger partial charge on any atom is -0.356 e. The second kappa shape index (κ2) is 10.2. The number of aromatic nitrogens is 1. The van der Waals surface area contributed by atoms with Crippen LogP contribution in [0.3, 0.4) is 0 Å². The molecule has 2 heterocycles. The van der Waals surface area contributed by atoms with Gasteiger partial charge in [0.25, 0.3) is 0 Å². The third-order valence-electron chi connectivity index (χ3n) is 5.67. The van der Waals surface area contributed by atoms with Crippen molar-refractivity contribution in [3.05, 3.63) is 30.1 Å². The Balaban J connectivity index is 1.51. The summed E-state index contributed by atoms with van der Waals surface area (Å²) in [5, 5.41) is 7.09. The van der Waals surface area contributed by atoms with E-state index in [2.05, 4.69) is 43.3 Å². The van der Waals surface area contributed by atoms with E-state index < -0.39 is 0 Å². The number of nitrogens with one attached hydrogen (secondary N) is 2. The molecule has 1 aromatic rings. The molecule has 144 valence electrons. The van der Waals surface area contributed by atoms with Gasteiger partial charge in [-0.05, 0) is 25.0 Å². The Morgan fingerprint density at radius 1 is 1.19 bits per heavy atom. The van der Waals surface area contributed by atoms with Gasteiger partial charge >= 0.3 is 0 Å². The van der Waals surface area contributed by atoms with Crippen LogP contribution in [0.5, 0.6) is 0 Å². The molecule has 0 amide bonds. The first-order chi connectivity index (χ1) is 12.8. The fourth-order valence-corrected chi connectivity index (χ4v) is 5.08. The Labute approximate surface area is 162 Å². The van der Waals surface area contributed by atoms with Crippen LogP contribution in [0.1, 0.15) is 37.8 Å². The minimum absolute atomic E-state index is 0.317. The summed E-state index contributed by atoms with van der Waals surface area (Å²) < 4.78 is 0. The molecule has 0 spiro atoms. The highest BCUT2D eigenvalue weighted by molar-refractivity contribution is 7.99. The van der Waals surface area contributed by atoms with Gasteiger partial charge in [0, 0.05) is 68.6 Å². The van der Waals surface area contributed by atoms with Gasteiger partial charge in [-0.1, -0.05) is 25.3 Å². The van der Waals surface area contributed by atoms with Crippen molar-refractivity contribution < 1.29 is 0 Å². The summed E-state index contributed by atoms with van der Waals surface area (Å²) in [6.07, 6.45) is 9.50. The van der Waals surface area contributed by atoms with Gasteiger partial charge < -0.3 is 10.6 Å². The van der Waals surface area contributed by atoms with Crippen molar-refractivity contribution >= 4 is 17.7 Å². The number of guanidine groups is 1. The summed E-state index contributed by atoms with van der Waals surface area (Å²) in [6.45, 7) is 4.32. The average Bonchev–Trinajstić information content (AvgIpc) is 2.72. The quantitative estimate of drug-likeness (QED) is 0.591. The van der Waals surface area contributed by atoms with E-state index in [1.165, 1.54) is 56.7 Å². The lowest BCUT2D eigenvalue weighted by Crippen LogP contribution is -2.59. The zero-order chi connectivity index (χ0) is 18.1. The largest absolute Gasteiger partial charge is 0.356 e. The lowest BCUT2D eigenvalue weighted by Gasteiger charge is -2.48. The lowest BCUT2D eigenvalue weighted by atomic mass is 9.80. The SMILES string of the molecule is CN=C(NCCc1ccccn1)NCC1(N2CCSCC2)CCCCC1. The topological polar surface area (TPSA) is 52.6 Å². The van der Waals surface area contributed by atoms with Crippen LogP contribution in [0.25, 0.3) is 0 Å². The summed E-state index contributed by atoms with van der Waals surface area (Å²) in [7, 11) is 1.86. The first-order valence-corrected chi connectivity index (χ1v) is 11.2. The number of rotatable bonds is 6. The molecule has 0 aromatic carbocycles. The Morgan fingerprint density at radius 2 is 2.00 bits per heavy atom.